The summed E-state index contributed by atoms with van der Waals surface area (Å²) in [6, 6.07) is 7.52. The number of hydrogen-bond acceptors (Lipinski definition) is 4. The van der Waals surface area contributed by atoms with Gasteiger partial charge in [-0.25, -0.2) is 0 Å². The molecule has 6 heteroatoms. The second-order valence-corrected chi connectivity index (χ2v) is 3.56. The van der Waals surface area contributed by atoms with E-state index < -0.39 is 0 Å². The summed E-state index contributed by atoms with van der Waals surface area (Å²) in [4.78, 5) is 11.7. The molecule has 0 unspecified atom stereocenters. The lowest BCUT2D eigenvalue weighted by Crippen LogP contribution is -2.23. The third-order valence-corrected chi connectivity index (χ3v) is 2.42. The lowest BCUT2D eigenvalue weighted by Gasteiger charge is -2.03. The third kappa shape index (κ3) is 2.87. The summed E-state index contributed by atoms with van der Waals surface area (Å²) in [7, 11) is 0. The summed E-state index contributed by atoms with van der Waals surface area (Å²) in [6.07, 6.45) is 0.963. The number of aryl methyl sites for hydroxylation is 1. The first-order valence-corrected chi connectivity index (χ1v) is 5.39. The highest BCUT2D eigenvalue weighted by atomic mass is 16.1. The largest absolute Gasteiger partial charge is 0.345 e. The molecule has 0 aliphatic rings. The predicted molar refractivity (Wildman–Crippen MR) is 61.2 cm³/mol. The molecule has 0 fully saturated rings. The Morgan fingerprint density at radius 3 is 2.71 bits per heavy atom. The van der Waals surface area contributed by atoms with Gasteiger partial charge in [0.2, 0.25) is 0 Å². The Kier molecular flexibility index (Phi) is 3.44. The molecular formula is C11H13N5O. The van der Waals surface area contributed by atoms with Crippen LogP contribution in [0.5, 0.6) is 0 Å². The zero-order chi connectivity index (χ0) is 12.1. The number of benzene rings is 1. The van der Waals surface area contributed by atoms with Crippen molar-refractivity contribution in [2.45, 2.75) is 19.9 Å². The molecule has 1 amide bonds. The maximum absolute atomic E-state index is 11.7. The lowest BCUT2D eigenvalue weighted by molar-refractivity contribution is 0.0950. The summed E-state index contributed by atoms with van der Waals surface area (Å²) in [6.45, 7) is 2.34. The first-order chi connectivity index (χ1) is 8.29. The van der Waals surface area contributed by atoms with Gasteiger partial charge in [-0.1, -0.05) is 24.3 Å². The molecular weight excluding hydrogens is 218 g/mol. The van der Waals surface area contributed by atoms with Gasteiger partial charge < -0.3 is 5.32 Å². The van der Waals surface area contributed by atoms with E-state index >= 15 is 0 Å². The third-order valence-electron chi connectivity index (χ3n) is 2.42. The summed E-state index contributed by atoms with van der Waals surface area (Å²) >= 11 is 0. The van der Waals surface area contributed by atoms with Crippen molar-refractivity contribution in [1.82, 2.24) is 25.9 Å². The Labute approximate surface area is 98.4 Å². The van der Waals surface area contributed by atoms with Crippen molar-refractivity contribution in [3.63, 3.8) is 0 Å². The van der Waals surface area contributed by atoms with Crippen molar-refractivity contribution in [3.05, 3.63) is 41.2 Å². The van der Waals surface area contributed by atoms with Crippen LogP contribution in [0.4, 0.5) is 0 Å². The predicted octanol–water partition coefficient (Wildman–Crippen LogP) is 0.692. The lowest BCUT2D eigenvalue weighted by atomic mass is 10.1. The van der Waals surface area contributed by atoms with E-state index in [1.807, 2.05) is 24.3 Å². The van der Waals surface area contributed by atoms with E-state index in [4.69, 9.17) is 0 Å². The minimum atomic E-state index is -0.141. The Bertz CT molecular complexity index is 477. The summed E-state index contributed by atoms with van der Waals surface area (Å²) < 4.78 is 0. The van der Waals surface area contributed by atoms with Crippen LogP contribution >= 0.6 is 0 Å². The van der Waals surface area contributed by atoms with Crippen LogP contribution in [0, 0.1) is 0 Å². The number of aromatic amines is 1. The number of tetrazole rings is 1. The van der Waals surface area contributed by atoms with E-state index in [9.17, 15) is 4.79 Å². The Morgan fingerprint density at radius 2 is 2.12 bits per heavy atom. The van der Waals surface area contributed by atoms with Crippen LogP contribution in [-0.4, -0.2) is 26.5 Å². The molecule has 2 aromatic rings. The van der Waals surface area contributed by atoms with Crippen LogP contribution in [0.25, 0.3) is 0 Å². The number of nitrogens with one attached hydrogen (secondary N) is 2. The molecule has 0 atom stereocenters. The number of rotatable bonds is 4. The van der Waals surface area contributed by atoms with Crippen LogP contribution < -0.4 is 5.32 Å². The average Bonchev–Trinajstić information content (AvgIpc) is 2.89. The monoisotopic (exact) mass is 231 g/mol. The molecule has 0 radical (unpaired) electrons. The van der Waals surface area contributed by atoms with Gasteiger partial charge in [0.25, 0.3) is 5.91 Å². The molecule has 6 nitrogen and oxygen atoms in total. The van der Waals surface area contributed by atoms with Crippen molar-refractivity contribution < 1.29 is 4.79 Å². The summed E-state index contributed by atoms with van der Waals surface area (Å²) in [5, 5.41) is 15.9. The average molecular weight is 231 g/mol. The molecule has 0 spiro atoms. The van der Waals surface area contributed by atoms with Gasteiger partial charge in [-0.2, -0.15) is 5.21 Å². The number of hydrogen-bond donors (Lipinski definition) is 2. The molecule has 0 saturated heterocycles. The number of carbonyl (C=O) groups is 1. The van der Waals surface area contributed by atoms with Gasteiger partial charge in [0, 0.05) is 5.56 Å². The fourth-order valence-corrected chi connectivity index (χ4v) is 1.41. The quantitative estimate of drug-likeness (QED) is 0.811. The van der Waals surface area contributed by atoms with Crippen molar-refractivity contribution in [2.75, 3.05) is 0 Å². The first kappa shape index (κ1) is 11.3. The number of amides is 1. The van der Waals surface area contributed by atoms with E-state index in [0.29, 0.717) is 11.4 Å². The molecule has 2 N–H and O–H groups in total. The van der Waals surface area contributed by atoms with Crippen molar-refractivity contribution >= 4 is 5.91 Å². The van der Waals surface area contributed by atoms with E-state index in [2.05, 4.69) is 32.9 Å². The second-order valence-electron chi connectivity index (χ2n) is 3.56. The van der Waals surface area contributed by atoms with Gasteiger partial charge in [-0.05, 0) is 24.1 Å². The smallest absolute Gasteiger partial charge is 0.251 e. The van der Waals surface area contributed by atoms with Crippen molar-refractivity contribution in [1.29, 1.82) is 0 Å². The Hall–Kier alpha value is -2.24. The maximum atomic E-state index is 11.7. The van der Waals surface area contributed by atoms with Gasteiger partial charge in [-0.3, -0.25) is 4.79 Å². The van der Waals surface area contributed by atoms with Crippen LogP contribution in [-0.2, 0) is 13.0 Å². The zero-order valence-electron chi connectivity index (χ0n) is 9.47. The van der Waals surface area contributed by atoms with E-state index in [-0.39, 0.29) is 12.5 Å². The van der Waals surface area contributed by atoms with Crippen LogP contribution in [0.2, 0.25) is 0 Å². The molecule has 2 rings (SSSR count). The highest BCUT2D eigenvalue weighted by molar-refractivity contribution is 5.94. The zero-order valence-corrected chi connectivity index (χ0v) is 9.47. The highest BCUT2D eigenvalue weighted by Crippen LogP contribution is 2.04. The molecule has 1 aromatic heterocycles. The molecule has 17 heavy (non-hydrogen) atoms. The topological polar surface area (TPSA) is 83.6 Å². The number of carbonyl (C=O) groups excluding carboxylic acids is 1. The molecule has 88 valence electrons. The fourth-order valence-electron chi connectivity index (χ4n) is 1.41. The molecule has 0 bridgehead atoms. The molecule has 1 heterocycles. The van der Waals surface area contributed by atoms with Gasteiger partial charge in [-0.15, -0.1) is 10.2 Å². The van der Waals surface area contributed by atoms with E-state index in [1.165, 1.54) is 5.56 Å². The Morgan fingerprint density at radius 1 is 1.35 bits per heavy atom. The van der Waals surface area contributed by atoms with Crippen molar-refractivity contribution in [2.24, 2.45) is 0 Å². The van der Waals surface area contributed by atoms with Gasteiger partial charge in [0.1, 0.15) is 0 Å². The fraction of sp³-hybridized carbons (Fsp3) is 0.273. The van der Waals surface area contributed by atoms with E-state index in [0.717, 1.165) is 6.42 Å². The van der Waals surface area contributed by atoms with Crippen molar-refractivity contribution in [3.8, 4) is 0 Å². The van der Waals surface area contributed by atoms with E-state index in [1.54, 1.807) is 0 Å². The Balaban J connectivity index is 1.95. The normalized spacial score (nSPS) is 10.2. The number of H-pyrrole nitrogens is 1. The van der Waals surface area contributed by atoms with Gasteiger partial charge >= 0.3 is 0 Å². The SMILES string of the molecule is CCc1ccc(C(=O)NCc2nn[nH]n2)cc1. The highest BCUT2D eigenvalue weighted by Gasteiger charge is 2.06. The molecule has 0 aliphatic carbocycles. The molecule has 0 saturated carbocycles. The molecule has 1 aromatic carbocycles. The minimum Gasteiger partial charge on any atom is -0.345 e. The number of aromatic nitrogens is 4. The minimum absolute atomic E-state index is 0.141. The maximum Gasteiger partial charge on any atom is 0.251 e. The van der Waals surface area contributed by atoms with Crippen LogP contribution in [0.1, 0.15) is 28.7 Å². The first-order valence-electron chi connectivity index (χ1n) is 5.39. The molecule has 0 aliphatic heterocycles. The van der Waals surface area contributed by atoms with Gasteiger partial charge in [0.05, 0.1) is 6.54 Å². The number of nitrogens with zero attached hydrogens (tertiary/aromatic N) is 3. The summed E-state index contributed by atoms with van der Waals surface area (Å²) in [5.74, 6) is 0.320. The standard InChI is InChI=1S/C11H13N5O/c1-2-8-3-5-9(6-4-8)11(17)12-7-10-13-15-16-14-10/h3-6H,2,7H2,1H3,(H,12,17)(H,13,14,15,16). The second kappa shape index (κ2) is 5.20. The van der Waals surface area contributed by atoms with Gasteiger partial charge in [0.15, 0.2) is 5.82 Å². The van der Waals surface area contributed by atoms with Crippen LogP contribution in [0.15, 0.2) is 24.3 Å². The summed E-state index contributed by atoms with van der Waals surface area (Å²) in [5.41, 5.74) is 1.84. The van der Waals surface area contributed by atoms with Crippen LogP contribution in [0.3, 0.4) is 0 Å².